The molecule has 2 atom stereocenters. The van der Waals surface area contributed by atoms with E-state index in [1.165, 1.54) is 11.6 Å². The van der Waals surface area contributed by atoms with Crippen LogP contribution in [0.15, 0.2) is 48.5 Å². The number of hydrogen-bond donors (Lipinski definition) is 1. The third-order valence-electron chi connectivity index (χ3n) is 3.60. The molecule has 2 nitrogen and oxygen atoms in total. The Morgan fingerprint density at radius 2 is 1.86 bits per heavy atom. The molecule has 0 fully saturated rings. The molecule has 0 aliphatic rings. The van der Waals surface area contributed by atoms with Gasteiger partial charge in [-0.3, -0.25) is 0 Å². The lowest BCUT2D eigenvalue weighted by atomic mass is 10.0. The van der Waals surface area contributed by atoms with Gasteiger partial charge in [-0.1, -0.05) is 30.3 Å². The van der Waals surface area contributed by atoms with Crippen molar-refractivity contribution in [1.82, 2.24) is 5.32 Å². The van der Waals surface area contributed by atoms with Crippen molar-refractivity contribution in [3.05, 3.63) is 65.5 Å². The quantitative estimate of drug-likeness (QED) is 0.863. The van der Waals surface area contributed by atoms with Crippen LogP contribution < -0.4 is 10.1 Å². The van der Waals surface area contributed by atoms with Gasteiger partial charge >= 0.3 is 0 Å². The van der Waals surface area contributed by atoms with Gasteiger partial charge in [0.25, 0.3) is 0 Å². The van der Waals surface area contributed by atoms with Crippen LogP contribution in [0.1, 0.15) is 31.0 Å². The molecule has 2 aromatic rings. The molecule has 112 valence electrons. The Hall–Kier alpha value is -1.87. The number of ether oxygens (including phenoxy) is 1. The minimum atomic E-state index is -0.196. The molecule has 0 bridgehead atoms. The third kappa shape index (κ3) is 4.30. The Bertz CT molecular complexity index is 585. The monoisotopic (exact) mass is 287 g/mol. The predicted molar refractivity (Wildman–Crippen MR) is 84.1 cm³/mol. The minimum Gasteiger partial charge on any atom is -0.496 e. The van der Waals surface area contributed by atoms with Crippen molar-refractivity contribution < 1.29 is 9.13 Å². The van der Waals surface area contributed by atoms with Crippen LogP contribution in [0.5, 0.6) is 5.75 Å². The summed E-state index contributed by atoms with van der Waals surface area (Å²) in [6, 6.07) is 15.1. The summed E-state index contributed by atoms with van der Waals surface area (Å²) in [5.41, 5.74) is 2.13. The normalized spacial score (nSPS) is 13.7. The highest BCUT2D eigenvalue weighted by atomic mass is 19.1. The number of halogens is 1. The second kappa shape index (κ2) is 7.23. The number of nitrogens with one attached hydrogen (secondary N) is 1. The third-order valence-corrected chi connectivity index (χ3v) is 3.60. The van der Waals surface area contributed by atoms with Crippen LogP contribution in [-0.4, -0.2) is 13.2 Å². The van der Waals surface area contributed by atoms with Gasteiger partial charge < -0.3 is 10.1 Å². The number of benzene rings is 2. The molecule has 1 N–H and O–H groups in total. The summed E-state index contributed by atoms with van der Waals surface area (Å²) >= 11 is 0. The molecule has 21 heavy (non-hydrogen) atoms. The largest absolute Gasteiger partial charge is 0.496 e. The van der Waals surface area contributed by atoms with E-state index in [1.807, 2.05) is 31.2 Å². The fourth-order valence-electron chi connectivity index (χ4n) is 2.56. The van der Waals surface area contributed by atoms with Gasteiger partial charge in [-0.2, -0.15) is 0 Å². The van der Waals surface area contributed by atoms with Crippen LogP contribution in [0, 0.1) is 5.82 Å². The molecular formula is C18H22FNO. The fraction of sp³-hybridized carbons (Fsp3) is 0.333. The second-order valence-electron chi connectivity index (χ2n) is 5.36. The Balaban J connectivity index is 1.99. The molecule has 0 saturated heterocycles. The number of rotatable bonds is 6. The SMILES string of the molecule is COc1ccccc1CC(C)N[C@@H](C)c1cccc(F)c1. The summed E-state index contributed by atoms with van der Waals surface area (Å²) in [5.74, 6) is 0.711. The fourth-order valence-corrected chi connectivity index (χ4v) is 2.56. The maximum Gasteiger partial charge on any atom is 0.123 e. The molecule has 0 aliphatic carbocycles. The first-order valence-corrected chi connectivity index (χ1v) is 7.23. The molecule has 0 aliphatic heterocycles. The van der Waals surface area contributed by atoms with E-state index >= 15 is 0 Å². The zero-order valence-corrected chi connectivity index (χ0v) is 12.8. The van der Waals surface area contributed by atoms with Gasteiger partial charge in [0.1, 0.15) is 11.6 Å². The molecule has 0 saturated carbocycles. The summed E-state index contributed by atoms with van der Waals surface area (Å²) in [6.07, 6.45) is 0.865. The van der Waals surface area contributed by atoms with Crippen LogP contribution >= 0.6 is 0 Å². The summed E-state index contributed by atoms with van der Waals surface area (Å²) < 4.78 is 18.6. The van der Waals surface area contributed by atoms with E-state index in [4.69, 9.17) is 4.74 Å². The van der Waals surface area contributed by atoms with E-state index in [1.54, 1.807) is 19.2 Å². The predicted octanol–water partition coefficient (Wildman–Crippen LogP) is 4.12. The van der Waals surface area contributed by atoms with Crippen LogP contribution in [-0.2, 0) is 6.42 Å². The molecule has 0 radical (unpaired) electrons. The number of methoxy groups -OCH3 is 1. The smallest absolute Gasteiger partial charge is 0.123 e. The van der Waals surface area contributed by atoms with Crippen LogP contribution in [0.3, 0.4) is 0 Å². The standard InChI is InChI=1S/C18H22FNO/c1-13(11-16-7-4-5-10-18(16)21-3)20-14(2)15-8-6-9-17(19)12-15/h4-10,12-14,20H,11H2,1-3H3/t13?,14-/m0/s1. The topological polar surface area (TPSA) is 21.3 Å². The van der Waals surface area contributed by atoms with Crippen molar-refractivity contribution in [2.45, 2.75) is 32.4 Å². The summed E-state index contributed by atoms with van der Waals surface area (Å²) in [4.78, 5) is 0. The lowest BCUT2D eigenvalue weighted by Crippen LogP contribution is -2.30. The van der Waals surface area contributed by atoms with E-state index in [2.05, 4.69) is 18.3 Å². The highest BCUT2D eigenvalue weighted by molar-refractivity contribution is 5.33. The van der Waals surface area contributed by atoms with Gasteiger partial charge in [0.05, 0.1) is 7.11 Å². The van der Waals surface area contributed by atoms with E-state index in [0.717, 1.165) is 17.7 Å². The average Bonchev–Trinajstić information content (AvgIpc) is 2.47. The molecule has 2 aromatic carbocycles. The van der Waals surface area contributed by atoms with Gasteiger partial charge in [-0.15, -0.1) is 0 Å². The van der Waals surface area contributed by atoms with Crippen molar-refractivity contribution in [1.29, 1.82) is 0 Å². The van der Waals surface area contributed by atoms with Gasteiger partial charge in [-0.05, 0) is 49.6 Å². The van der Waals surface area contributed by atoms with Gasteiger partial charge in [0.15, 0.2) is 0 Å². The minimum absolute atomic E-state index is 0.102. The van der Waals surface area contributed by atoms with Gasteiger partial charge in [0.2, 0.25) is 0 Å². The summed E-state index contributed by atoms with van der Waals surface area (Å²) in [7, 11) is 1.69. The van der Waals surface area contributed by atoms with E-state index in [-0.39, 0.29) is 17.9 Å². The molecule has 0 amide bonds. The van der Waals surface area contributed by atoms with Crippen molar-refractivity contribution >= 4 is 0 Å². The highest BCUT2D eigenvalue weighted by Gasteiger charge is 2.12. The van der Waals surface area contributed by atoms with Crippen LogP contribution in [0.4, 0.5) is 4.39 Å². The molecule has 3 heteroatoms. The summed E-state index contributed by atoms with van der Waals surface area (Å²) in [6.45, 7) is 4.18. The average molecular weight is 287 g/mol. The van der Waals surface area contributed by atoms with Crippen LogP contribution in [0.2, 0.25) is 0 Å². The number of para-hydroxylation sites is 1. The maximum absolute atomic E-state index is 13.3. The summed E-state index contributed by atoms with van der Waals surface area (Å²) in [5, 5.41) is 3.50. The van der Waals surface area contributed by atoms with Gasteiger partial charge in [-0.25, -0.2) is 4.39 Å². The lowest BCUT2D eigenvalue weighted by molar-refractivity contribution is 0.403. The molecule has 0 heterocycles. The first kappa shape index (κ1) is 15.5. The van der Waals surface area contributed by atoms with Crippen molar-refractivity contribution in [3.8, 4) is 5.75 Å². The zero-order valence-electron chi connectivity index (χ0n) is 12.8. The Morgan fingerprint density at radius 1 is 1.10 bits per heavy atom. The Morgan fingerprint density at radius 3 is 2.57 bits per heavy atom. The van der Waals surface area contributed by atoms with E-state index in [9.17, 15) is 4.39 Å². The van der Waals surface area contributed by atoms with E-state index < -0.39 is 0 Å². The molecule has 0 aromatic heterocycles. The van der Waals surface area contributed by atoms with E-state index in [0.29, 0.717) is 0 Å². The lowest BCUT2D eigenvalue weighted by Gasteiger charge is -2.21. The highest BCUT2D eigenvalue weighted by Crippen LogP contribution is 2.20. The number of hydrogen-bond acceptors (Lipinski definition) is 2. The van der Waals surface area contributed by atoms with Crippen molar-refractivity contribution in [2.24, 2.45) is 0 Å². The van der Waals surface area contributed by atoms with Gasteiger partial charge in [0, 0.05) is 12.1 Å². The Labute approximate surface area is 126 Å². The second-order valence-corrected chi connectivity index (χ2v) is 5.36. The first-order chi connectivity index (χ1) is 10.1. The van der Waals surface area contributed by atoms with Crippen LogP contribution in [0.25, 0.3) is 0 Å². The van der Waals surface area contributed by atoms with Crippen molar-refractivity contribution in [3.63, 3.8) is 0 Å². The molecule has 0 spiro atoms. The first-order valence-electron chi connectivity index (χ1n) is 7.23. The molecule has 2 rings (SSSR count). The maximum atomic E-state index is 13.3. The molecule has 1 unspecified atom stereocenters. The molecular weight excluding hydrogens is 265 g/mol. The van der Waals surface area contributed by atoms with Crippen molar-refractivity contribution in [2.75, 3.05) is 7.11 Å². The Kier molecular flexibility index (Phi) is 5.34. The zero-order chi connectivity index (χ0) is 15.2.